The number of aromatic hydroxyl groups is 1. The number of phenols is 1. The maximum Gasteiger partial charge on any atom is 0.270 e. The van der Waals surface area contributed by atoms with E-state index in [-0.39, 0.29) is 11.3 Å². The van der Waals surface area contributed by atoms with Gasteiger partial charge in [0.25, 0.3) is 5.92 Å². The second kappa shape index (κ2) is 5.69. The number of hydrogen-bond acceptors (Lipinski definition) is 1. The van der Waals surface area contributed by atoms with Crippen molar-refractivity contribution in [1.82, 2.24) is 0 Å². The molecule has 0 fully saturated rings. The van der Waals surface area contributed by atoms with Gasteiger partial charge in [0.1, 0.15) is 5.75 Å². The third-order valence-corrected chi connectivity index (χ3v) is 1.97. The molecule has 0 radical (unpaired) electrons. The Hall–Kier alpha value is -1.12. The number of rotatable bonds is 2. The lowest BCUT2D eigenvalue weighted by molar-refractivity contribution is 0.0173. The van der Waals surface area contributed by atoms with Crippen molar-refractivity contribution in [2.24, 2.45) is 0 Å². The summed E-state index contributed by atoms with van der Waals surface area (Å²) in [5.74, 6) is -2.76. The van der Waals surface area contributed by atoms with Gasteiger partial charge in [0, 0.05) is 12.5 Å². The first-order valence-electron chi connectivity index (χ1n) is 5.15. The average Bonchev–Trinajstić information content (AvgIpc) is 2.20. The van der Waals surface area contributed by atoms with Crippen molar-refractivity contribution < 1.29 is 13.9 Å². The highest BCUT2D eigenvalue weighted by molar-refractivity contribution is 5.37. The maximum atomic E-state index is 12.8. The average molecular weight is 216 g/mol. The van der Waals surface area contributed by atoms with Crippen molar-refractivity contribution in [3.8, 4) is 5.75 Å². The van der Waals surface area contributed by atoms with Crippen LogP contribution >= 0.6 is 0 Å². The Morgan fingerprint density at radius 2 is 1.80 bits per heavy atom. The quantitative estimate of drug-likeness (QED) is 0.789. The van der Waals surface area contributed by atoms with E-state index < -0.39 is 5.92 Å². The number of benzene rings is 1. The van der Waals surface area contributed by atoms with E-state index in [1.54, 1.807) is 0 Å². The molecule has 0 aliphatic rings. The summed E-state index contributed by atoms with van der Waals surface area (Å²) in [6.07, 6.45) is 0.551. The molecule has 1 N–H and O–H groups in total. The van der Waals surface area contributed by atoms with Crippen LogP contribution in [-0.2, 0) is 12.3 Å². The fourth-order valence-electron chi connectivity index (χ4n) is 1.14. The van der Waals surface area contributed by atoms with Gasteiger partial charge >= 0.3 is 0 Å². The van der Waals surface area contributed by atoms with Crippen molar-refractivity contribution in [3.05, 3.63) is 29.3 Å². The zero-order valence-corrected chi connectivity index (χ0v) is 9.64. The molecule has 0 aliphatic carbocycles. The SMILES string of the molecule is CC.CCc1cc(C(C)(F)F)ccc1O. The Morgan fingerprint density at radius 3 is 2.20 bits per heavy atom. The highest BCUT2D eigenvalue weighted by atomic mass is 19.3. The number of phenolic OH excluding ortho intramolecular Hbond substituents is 1. The molecule has 0 bridgehead atoms. The fraction of sp³-hybridized carbons (Fsp3) is 0.500. The van der Waals surface area contributed by atoms with E-state index in [1.165, 1.54) is 18.2 Å². The first kappa shape index (κ1) is 13.9. The van der Waals surface area contributed by atoms with Gasteiger partial charge in [-0.25, -0.2) is 8.78 Å². The molecule has 0 unspecified atom stereocenters. The normalized spacial score (nSPS) is 10.5. The minimum absolute atomic E-state index is 0.0536. The zero-order valence-electron chi connectivity index (χ0n) is 9.64. The monoisotopic (exact) mass is 216 g/mol. The summed E-state index contributed by atoms with van der Waals surface area (Å²) in [6.45, 7) is 6.66. The standard InChI is InChI=1S/C10H12F2O.C2H6/c1-3-7-6-8(10(2,11)12)4-5-9(7)13;1-2/h4-6,13H,3H2,1-2H3;1-2H3. The Bertz CT molecular complexity index is 303. The first-order valence-corrected chi connectivity index (χ1v) is 5.15. The molecule has 0 amide bonds. The molecule has 1 aromatic rings. The van der Waals surface area contributed by atoms with E-state index in [1.807, 2.05) is 20.8 Å². The predicted octanol–water partition coefficient (Wildman–Crippen LogP) is 4.09. The molecule has 3 heteroatoms. The number of alkyl halides is 2. The molecule has 15 heavy (non-hydrogen) atoms. The number of halogens is 2. The van der Waals surface area contributed by atoms with E-state index in [2.05, 4.69) is 0 Å². The minimum atomic E-state index is -2.84. The molecule has 1 aromatic carbocycles. The van der Waals surface area contributed by atoms with Crippen LogP contribution in [0.15, 0.2) is 18.2 Å². The van der Waals surface area contributed by atoms with Crippen LogP contribution in [0.2, 0.25) is 0 Å². The lowest BCUT2D eigenvalue weighted by Crippen LogP contribution is -2.07. The molecular weight excluding hydrogens is 198 g/mol. The van der Waals surface area contributed by atoms with Crippen LogP contribution < -0.4 is 0 Å². The summed E-state index contributed by atoms with van der Waals surface area (Å²) in [5.41, 5.74) is 0.501. The van der Waals surface area contributed by atoms with Crippen LogP contribution in [0.5, 0.6) is 5.75 Å². The smallest absolute Gasteiger partial charge is 0.270 e. The van der Waals surface area contributed by atoms with E-state index in [4.69, 9.17) is 0 Å². The fourth-order valence-corrected chi connectivity index (χ4v) is 1.14. The molecule has 0 atom stereocenters. The van der Waals surface area contributed by atoms with Crippen molar-refractivity contribution in [2.75, 3.05) is 0 Å². The van der Waals surface area contributed by atoms with Gasteiger partial charge in [-0.15, -0.1) is 0 Å². The molecule has 1 nitrogen and oxygen atoms in total. The van der Waals surface area contributed by atoms with Crippen LogP contribution in [0.25, 0.3) is 0 Å². The summed E-state index contributed by atoms with van der Waals surface area (Å²) >= 11 is 0. The van der Waals surface area contributed by atoms with Gasteiger partial charge in [-0.3, -0.25) is 0 Å². The highest BCUT2D eigenvalue weighted by Gasteiger charge is 2.24. The first-order chi connectivity index (χ1) is 6.95. The van der Waals surface area contributed by atoms with Gasteiger partial charge in [0.05, 0.1) is 0 Å². The molecule has 86 valence electrons. The summed E-state index contributed by atoms with van der Waals surface area (Å²) in [4.78, 5) is 0. The number of hydrogen-bond donors (Lipinski definition) is 1. The van der Waals surface area contributed by atoms with Crippen molar-refractivity contribution in [3.63, 3.8) is 0 Å². The minimum Gasteiger partial charge on any atom is -0.508 e. The van der Waals surface area contributed by atoms with Gasteiger partial charge in [-0.05, 0) is 30.2 Å². The van der Waals surface area contributed by atoms with Crippen LogP contribution in [0, 0.1) is 0 Å². The second-order valence-corrected chi connectivity index (χ2v) is 3.09. The predicted molar refractivity (Wildman–Crippen MR) is 58.4 cm³/mol. The zero-order chi connectivity index (χ0) is 12.1. The summed E-state index contributed by atoms with van der Waals surface area (Å²) in [6, 6.07) is 3.90. The second-order valence-electron chi connectivity index (χ2n) is 3.09. The molecule has 0 heterocycles. The van der Waals surface area contributed by atoms with Crippen molar-refractivity contribution in [2.45, 2.75) is 40.0 Å². The Labute approximate surface area is 89.8 Å². The molecule has 1 rings (SSSR count). The van der Waals surface area contributed by atoms with Crippen molar-refractivity contribution in [1.29, 1.82) is 0 Å². The molecule has 0 spiro atoms. The lowest BCUT2D eigenvalue weighted by atomic mass is 10.0. The third kappa shape index (κ3) is 3.86. The van der Waals surface area contributed by atoms with Gasteiger partial charge in [-0.2, -0.15) is 0 Å². The maximum absolute atomic E-state index is 12.8. The van der Waals surface area contributed by atoms with Crippen LogP contribution in [0.3, 0.4) is 0 Å². The molecule has 0 saturated carbocycles. The molecule has 0 aromatic heterocycles. The topological polar surface area (TPSA) is 20.2 Å². The van der Waals surface area contributed by atoms with Crippen LogP contribution in [0.4, 0.5) is 8.78 Å². The van der Waals surface area contributed by atoms with Crippen molar-refractivity contribution >= 4 is 0 Å². The lowest BCUT2D eigenvalue weighted by Gasteiger charge is -2.12. The van der Waals surface area contributed by atoms with Gasteiger partial charge in [0.2, 0.25) is 0 Å². The third-order valence-electron chi connectivity index (χ3n) is 1.97. The van der Waals surface area contributed by atoms with Gasteiger partial charge < -0.3 is 5.11 Å². The largest absolute Gasteiger partial charge is 0.508 e. The van der Waals surface area contributed by atoms with E-state index in [9.17, 15) is 13.9 Å². The Morgan fingerprint density at radius 1 is 1.27 bits per heavy atom. The Balaban J connectivity index is 0.000000921. The number of aryl methyl sites for hydroxylation is 1. The summed E-state index contributed by atoms with van der Waals surface area (Å²) < 4.78 is 25.6. The molecule has 0 saturated heterocycles. The van der Waals surface area contributed by atoms with E-state index in [0.29, 0.717) is 12.0 Å². The molecule has 0 aliphatic heterocycles. The van der Waals surface area contributed by atoms with Gasteiger partial charge in [0.15, 0.2) is 0 Å². The summed E-state index contributed by atoms with van der Waals surface area (Å²) in [5, 5.41) is 9.26. The van der Waals surface area contributed by atoms with E-state index >= 15 is 0 Å². The van der Waals surface area contributed by atoms with E-state index in [0.717, 1.165) is 6.92 Å². The molecular formula is C12H18F2O. The van der Waals surface area contributed by atoms with Crippen LogP contribution in [-0.4, -0.2) is 5.11 Å². The summed E-state index contributed by atoms with van der Waals surface area (Å²) in [7, 11) is 0. The Kier molecular flexibility index (Phi) is 5.26. The van der Waals surface area contributed by atoms with Crippen LogP contribution in [0.1, 0.15) is 38.8 Å². The highest BCUT2D eigenvalue weighted by Crippen LogP contribution is 2.30. The van der Waals surface area contributed by atoms with Gasteiger partial charge in [-0.1, -0.05) is 20.8 Å².